The molecule has 0 radical (unpaired) electrons. The normalized spacial score (nSPS) is 18.4. The van der Waals surface area contributed by atoms with Gasteiger partial charge in [0.05, 0.1) is 25.3 Å². The number of ether oxygens (including phenoxy) is 2. The van der Waals surface area contributed by atoms with E-state index in [1.165, 1.54) is 0 Å². The third-order valence-electron chi connectivity index (χ3n) is 6.38. The summed E-state index contributed by atoms with van der Waals surface area (Å²) >= 11 is 12.4. The van der Waals surface area contributed by atoms with Crippen LogP contribution in [0.1, 0.15) is 35.3 Å². The lowest BCUT2D eigenvalue weighted by atomic mass is 9.79. The Kier molecular flexibility index (Phi) is 6.12. The van der Waals surface area contributed by atoms with Crippen LogP contribution in [0.5, 0.6) is 0 Å². The number of aromatic nitrogens is 2. The zero-order valence-electron chi connectivity index (χ0n) is 17.7. The highest BCUT2D eigenvalue weighted by Crippen LogP contribution is 2.38. The quantitative estimate of drug-likeness (QED) is 0.481. The Morgan fingerprint density at radius 3 is 2.62 bits per heavy atom. The maximum atomic E-state index is 13.3. The molecule has 0 unspecified atom stereocenters. The molecule has 0 atom stereocenters. The summed E-state index contributed by atoms with van der Waals surface area (Å²) in [6.45, 7) is 4.39. The first kappa shape index (κ1) is 21.7. The average molecular weight is 474 g/mol. The lowest BCUT2D eigenvalue weighted by Crippen LogP contribution is -2.53. The molecule has 2 heterocycles. The van der Waals surface area contributed by atoms with Crippen LogP contribution in [-0.2, 0) is 16.0 Å². The fraction of sp³-hybridized carbons (Fsp3) is 0.417. The Bertz CT molecular complexity index is 1140. The predicted octanol–water partition coefficient (Wildman–Crippen LogP) is 4.80. The van der Waals surface area contributed by atoms with Crippen LogP contribution in [0.25, 0.3) is 10.9 Å². The van der Waals surface area contributed by atoms with E-state index in [9.17, 15) is 4.79 Å². The molecule has 2 aliphatic rings. The largest absolute Gasteiger partial charge is 0.453 e. The van der Waals surface area contributed by atoms with Crippen molar-refractivity contribution in [3.8, 4) is 0 Å². The maximum absolute atomic E-state index is 13.3. The van der Waals surface area contributed by atoms with Gasteiger partial charge in [-0.1, -0.05) is 47.5 Å². The minimum Gasteiger partial charge on any atom is -0.453 e. The van der Waals surface area contributed by atoms with Crippen molar-refractivity contribution in [2.45, 2.75) is 31.4 Å². The van der Waals surface area contributed by atoms with E-state index in [4.69, 9.17) is 32.7 Å². The van der Waals surface area contributed by atoms with Crippen LogP contribution in [0, 0.1) is 0 Å². The number of benzene rings is 2. The van der Waals surface area contributed by atoms with Gasteiger partial charge in [0, 0.05) is 35.1 Å². The molecule has 5 rings (SSSR count). The number of fused-ring (bicyclic) bond motifs is 1. The van der Waals surface area contributed by atoms with Gasteiger partial charge in [0.2, 0.25) is 0 Å². The van der Waals surface area contributed by atoms with Crippen molar-refractivity contribution in [1.29, 1.82) is 0 Å². The minimum absolute atomic E-state index is 0.346. The summed E-state index contributed by atoms with van der Waals surface area (Å²) in [5.41, 5.74) is 1.66. The van der Waals surface area contributed by atoms with E-state index in [-0.39, 0.29) is 5.97 Å². The number of hydrogen-bond acceptors (Lipinski definition) is 5. The van der Waals surface area contributed by atoms with Crippen molar-refractivity contribution in [3.63, 3.8) is 0 Å². The molecule has 1 aromatic heterocycles. The van der Waals surface area contributed by atoms with E-state index < -0.39 is 5.60 Å². The summed E-state index contributed by atoms with van der Waals surface area (Å²) in [4.78, 5) is 15.6. The van der Waals surface area contributed by atoms with Crippen molar-refractivity contribution >= 4 is 40.1 Å². The zero-order valence-corrected chi connectivity index (χ0v) is 19.2. The second kappa shape index (κ2) is 9.02. The molecule has 6 nitrogen and oxygen atoms in total. The number of nitrogens with zero attached hydrogens (tertiary/aromatic N) is 3. The number of hydrogen-bond donors (Lipinski definition) is 0. The Balaban J connectivity index is 1.40. The number of carbonyl (C=O) groups excluding carboxylic acids is 1. The third kappa shape index (κ3) is 4.37. The average Bonchev–Trinajstić information content (AvgIpc) is 3.13. The SMILES string of the molecule is O=C(OC1(CN2CCOCC2)CCC1)c1nn(Cc2ccc(Cl)cc2Cl)c2ccccc12. The van der Waals surface area contributed by atoms with Crippen molar-refractivity contribution in [2.24, 2.45) is 0 Å². The first-order valence-corrected chi connectivity index (χ1v) is 11.7. The van der Waals surface area contributed by atoms with Gasteiger partial charge in [0.15, 0.2) is 5.69 Å². The van der Waals surface area contributed by atoms with Gasteiger partial charge in [-0.15, -0.1) is 0 Å². The van der Waals surface area contributed by atoms with Crippen LogP contribution in [0.4, 0.5) is 0 Å². The predicted molar refractivity (Wildman–Crippen MR) is 125 cm³/mol. The summed E-state index contributed by atoms with van der Waals surface area (Å²) < 4.78 is 13.4. The summed E-state index contributed by atoms with van der Waals surface area (Å²) in [6, 6.07) is 13.1. The molecule has 32 heavy (non-hydrogen) atoms. The highest BCUT2D eigenvalue weighted by Gasteiger charge is 2.43. The molecular weight excluding hydrogens is 449 g/mol. The number of rotatable bonds is 6. The lowest BCUT2D eigenvalue weighted by Gasteiger charge is -2.44. The van der Waals surface area contributed by atoms with E-state index in [1.807, 2.05) is 30.3 Å². The van der Waals surface area contributed by atoms with E-state index in [0.29, 0.717) is 22.3 Å². The molecule has 3 aromatic rings. The molecule has 0 bridgehead atoms. The Morgan fingerprint density at radius 1 is 1.12 bits per heavy atom. The number of para-hydroxylation sites is 1. The van der Waals surface area contributed by atoms with E-state index in [2.05, 4.69) is 10.00 Å². The Hall–Kier alpha value is -2.12. The summed E-state index contributed by atoms with van der Waals surface area (Å²) in [6.07, 6.45) is 2.84. The van der Waals surface area contributed by atoms with E-state index in [0.717, 1.165) is 68.6 Å². The van der Waals surface area contributed by atoms with Gasteiger partial charge in [0.25, 0.3) is 0 Å². The van der Waals surface area contributed by atoms with Gasteiger partial charge in [0.1, 0.15) is 5.60 Å². The molecule has 0 N–H and O–H groups in total. The van der Waals surface area contributed by atoms with Crippen LogP contribution in [0.2, 0.25) is 10.0 Å². The summed E-state index contributed by atoms with van der Waals surface area (Å²) in [7, 11) is 0. The number of carbonyl (C=O) groups is 1. The number of morpholine rings is 1. The van der Waals surface area contributed by atoms with Gasteiger partial charge in [-0.3, -0.25) is 9.58 Å². The van der Waals surface area contributed by atoms with Crippen LogP contribution >= 0.6 is 23.2 Å². The number of esters is 1. The lowest BCUT2D eigenvalue weighted by molar-refractivity contribution is -0.0908. The van der Waals surface area contributed by atoms with E-state index in [1.54, 1.807) is 16.8 Å². The van der Waals surface area contributed by atoms with Crippen LogP contribution in [0.15, 0.2) is 42.5 Å². The number of halogens is 2. The first-order chi connectivity index (χ1) is 15.5. The van der Waals surface area contributed by atoms with Gasteiger partial charge >= 0.3 is 5.97 Å². The monoisotopic (exact) mass is 473 g/mol. The topological polar surface area (TPSA) is 56.6 Å². The Labute approximate surface area is 197 Å². The molecule has 0 amide bonds. The van der Waals surface area contributed by atoms with Crippen molar-refractivity contribution in [2.75, 3.05) is 32.8 Å². The third-order valence-corrected chi connectivity index (χ3v) is 6.96. The summed E-state index contributed by atoms with van der Waals surface area (Å²) in [5, 5.41) is 6.59. The van der Waals surface area contributed by atoms with Crippen molar-refractivity contribution in [3.05, 3.63) is 63.8 Å². The van der Waals surface area contributed by atoms with Crippen LogP contribution < -0.4 is 0 Å². The van der Waals surface area contributed by atoms with Crippen molar-refractivity contribution in [1.82, 2.24) is 14.7 Å². The molecule has 2 fully saturated rings. The second-order valence-corrected chi connectivity index (χ2v) is 9.42. The molecular formula is C24H25Cl2N3O3. The smallest absolute Gasteiger partial charge is 0.360 e. The van der Waals surface area contributed by atoms with E-state index >= 15 is 0 Å². The van der Waals surface area contributed by atoms with Crippen LogP contribution in [-0.4, -0.2) is 59.1 Å². The van der Waals surface area contributed by atoms with Crippen molar-refractivity contribution < 1.29 is 14.3 Å². The molecule has 8 heteroatoms. The van der Waals surface area contributed by atoms with Crippen LogP contribution in [0.3, 0.4) is 0 Å². The van der Waals surface area contributed by atoms with Gasteiger partial charge in [-0.2, -0.15) is 5.10 Å². The first-order valence-electron chi connectivity index (χ1n) is 11.0. The molecule has 1 aliphatic carbocycles. The molecule has 0 spiro atoms. The standard InChI is InChI=1S/C24H25Cl2N3O3/c25-18-7-6-17(20(26)14-18)15-29-21-5-2-1-4-19(21)22(27-29)23(30)32-24(8-3-9-24)16-28-10-12-31-13-11-28/h1-2,4-7,14H,3,8-13,15-16H2. The fourth-order valence-electron chi connectivity index (χ4n) is 4.49. The van der Waals surface area contributed by atoms with Gasteiger partial charge in [-0.05, 0) is 43.0 Å². The van der Waals surface area contributed by atoms with Gasteiger partial charge in [-0.25, -0.2) is 4.79 Å². The minimum atomic E-state index is -0.432. The molecule has 1 saturated heterocycles. The second-order valence-electron chi connectivity index (χ2n) is 8.57. The summed E-state index contributed by atoms with van der Waals surface area (Å²) in [5.74, 6) is -0.366. The zero-order chi connectivity index (χ0) is 22.1. The highest BCUT2D eigenvalue weighted by molar-refractivity contribution is 6.35. The molecule has 2 aromatic carbocycles. The maximum Gasteiger partial charge on any atom is 0.360 e. The highest BCUT2D eigenvalue weighted by atomic mass is 35.5. The molecule has 1 saturated carbocycles. The van der Waals surface area contributed by atoms with Gasteiger partial charge < -0.3 is 9.47 Å². The Morgan fingerprint density at radius 2 is 1.91 bits per heavy atom. The fourth-order valence-corrected chi connectivity index (χ4v) is 4.95. The molecule has 1 aliphatic heterocycles. The molecule has 168 valence electrons.